The third kappa shape index (κ3) is 4.60. The van der Waals surface area contributed by atoms with E-state index in [9.17, 15) is 18.8 Å². The zero-order valence-electron chi connectivity index (χ0n) is 19.6. The standard InChI is InChI=1S/C27H27FN4O3/c1-2-11-32-27(35)21-6-4-3-5-20(21)24(29-32)17-18-7-10-23(28)22(16-18)26(34)31-14-12-30(13-15-31)25(33)19-8-9-19/h2-7,10-11,16,19H,8-9,12-15,17H2,1H3/b11-2+. The van der Waals surface area contributed by atoms with Crippen LogP contribution in [0.15, 0.2) is 53.3 Å². The van der Waals surface area contributed by atoms with Crippen LogP contribution in [0.1, 0.15) is 41.4 Å². The molecule has 1 aromatic heterocycles. The Labute approximate surface area is 202 Å². The number of benzene rings is 2. The molecule has 8 heteroatoms. The van der Waals surface area contributed by atoms with E-state index in [1.807, 2.05) is 24.0 Å². The maximum absolute atomic E-state index is 14.7. The average molecular weight is 475 g/mol. The summed E-state index contributed by atoms with van der Waals surface area (Å²) in [7, 11) is 0. The second-order valence-corrected chi connectivity index (χ2v) is 9.11. The number of rotatable bonds is 5. The van der Waals surface area contributed by atoms with Gasteiger partial charge in [-0.15, -0.1) is 0 Å². The summed E-state index contributed by atoms with van der Waals surface area (Å²) in [5, 5.41) is 5.78. The van der Waals surface area contributed by atoms with Crippen LogP contribution in [0.3, 0.4) is 0 Å². The van der Waals surface area contributed by atoms with Crippen molar-refractivity contribution >= 4 is 28.8 Å². The lowest BCUT2D eigenvalue weighted by Gasteiger charge is -2.35. The molecule has 5 rings (SSSR count). The highest BCUT2D eigenvalue weighted by molar-refractivity contribution is 5.95. The number of piperazine rings is 1. The molecule has 7 nitrogen and oxygen atoms in total. The first-order valence-corrected chi connectivity index (χ1v) is 12.0. The molecule has 0 bridgehead atoms. The Bertz CT molecular complexity index is 1380. The van der Waals surface area contributed by atoms with Crippen molar-refractivity contribution in [3.63, 3.8) is 0 Å². The number of carbonyl (C=O) groups excluding carboxylic acids is 2. The van der Waals surface area contributed by atoms with Crippen LogP contribution in [0.25, 0.3) is 17.0 Å². The van der Waals surface area contributed by atoms with Crippen molar-refractivity contribution in [3.8, 4) is 0 Å². The number of halogens is 1. The predicted molar refractivity (Wildman–Crippen MR) is 131 cm³/mol. The lowest BCUT2D eigenvalue weighted by atomic mass is 10.0. The Morgan fingerprint density at radius 3 is 2.40 bits per heavy atom. The van der Waals surface area contributed by atoms with E-state index < -0.39 is 5.82 Å². The molecule has 2 aromatic carbocycles. The molecule has 1 aliphatic heterocycles. The zero-order chi connectivity index (χ0) is 24.5. The number of allylic oxidation sites excluding steroid dienone is 1. The molecule has 2 aliphatic rings. The molecule has 1 saturated carbocycles. The summed E-state index contributed by atoms with van der Waals surface area (Å²) in [5.41, 5.74) is 1.18. The zero-order valence-corrected chi connectivity index (χ0v) is 19.6. The van der Waals surface area contributed by atoms with Crippen molar-refractivity contribution in [3.05, 3.63) is 81.5 Å². The molecule has 0 atom stereocenters. The van der Waals surface area contributed by atoms with E-state index in [1.165, 1.54) is 10.7 Å². The molecule has 0 spiro atoms. The number of fused-ring (bicyclic) bond motifs is 1. The van der Waals surface area contributed by atoms with Crippen LogP contribution in [0.2, 0.25) is 0 Å². The quantitative estimate of drug-likeness (QED) is 0.569. The minimum absolute atomic E-state index is 0.00977. The lowest BCUT2D eigenvalue weighted by molar-refractivity contribution is -0.134. The van der Waals surface area contributed by atoms with Gasteiger partial charge in [0.2, 0.25) is 5.91 Å². The highest BCUT2D eigenvalue weighted by Crippen LogP contribution is 2.31. The number of hydrogen-bond acceptors (Lipinski definition) is 4. The summed E-state index contributed by atoms with van der Waals surface area (Å²) in [6.45, 7) is 3.54. The summed E-state index contributed by atoms with van der Waals surface area (Å²) in [6.07, 6.45) is 5.58. The third-order valence-electron chi connectivity index (χ3n) is 6.63. The van der Waals surface area contributed by atoms with Gasteiger partial charge in [-0.1, -0.05) is 30.3 Å². The Kier molecular flexibility index (Phi) is 6.19. The molecular formula is C27H27FN4O3. The number of carbonyl (C=O) groups is 2. The topological polar surface area (TPSA) is 75.5 Å². The molecule has 2 heterocycles. The van der Waals surface area contributed by atoms with Crippen molar-refractivity contribution in [2.45, 2.75) is 26.2 Å². The Morgan fingerprint density at radius 1 is 1.03 bits per heavy atom. The molecule has 0 N–H and O–H groups in total. The Hall–Kier alpha value is -3.81. The van der Waals surface area contributed by atoms with Crippen molar-refractivity contribution in [1.29, 1.82) is 0 Å². The maximum atomic E-state index is 14.7. The molecule has 2 fully saturated rings. The van der Waals surface area contributed by atoms with E-state index in [4.69, 9.17) is 0 Å². The van der Waals surface area contributed by atoms with Gasteiger partial charge in [-0.2, -0.15) is 5.10 Å². The van der Waals surface area contributed by atoms with Crippen LogP contribution in [0, 0.1) is 11.7 Å². The van der Waals surface area contributed by atoms with Crippen LogP contribution in [-0.2, 0) is 11.2 Å². The monoisotopic (exact) mass is 474 g/mol. The minimum atomic E-state index is -0.577. The number of hydrogen-bond donors (Lipinski definition) is 0. The van der Waals surface area contributed by atoms with Crippen LogP contribution >= 0.6 is 0 Å². The van der Waals surface area contributed by atoms with Crippen molar-refractivity contribution in [2.75, 3.05) is 26.2 Å². The minimum Gasteiger partial charge on any atom is -0.339 e. The summed E-state index contributed by atoms with van der Waals surface area (Å²) in [6, 6.07) is 11.8. The SMILES string of the molecule is C/C=C/n1nc(Cc2ccc(F)c(C(=O)N3CCN(C(=O)C4CC4)CC3)c2)c2ccccc2c1=O. The first-order valence-electron chi connectivity index (χ1n) is 12.0. The first-order chi connectivity index (χ1) is 17.0. The van der Waals surface area contributed by atoms with Crippen molar-refractivity contribution < 1.29 is 14.0 Å². The van der Waals surface area contributed by atoms with E-state index in [1.54, 1.807) is 41.4 Å². The molecule has 180 valence electrons. The first kappa shape index (κ1) is 23.0. The number of nitrogens with zero attached hydrogens (tertiary/aromatic N) is 4. The van der Waals surface area contributed by atoms with Gasteiger partial charge in [-0.05, 0) is 43.5 Å². The summed E-state index contributed by atoms with van der Waals surface area (Å²) in [4.78, 5) is 41.6. The average Bonchev–Trinajstić information content (AvgIpc) is 3.73. The van der Waals surface area contributed by atoms with Crippen molar-refractivity contribution in [2.24, 2.45) is 5.92 Å². The summed E-state index contributed by atoms with van der Waals surface area (Å²) < 4.78 is 16.0. The molecule has 35 heavy (non-hydrogen) atoms. The van der Waals surface area contributed by atoms with Gasteiger partial charge in [-0.25, -0.2) is 9.07 Å². The van der Waals surface area contributed by atoms with E-state index in [0.717, 1.165) is 23.8 Å². The second-order valence-electron chi connectivity index (χ2n) is 9.11. The fraction of sp³-hybridized carbons (Fsp3) is 0.333. The van der Waals surface area contributed by atoms with Gasteiger partial charge < -0.3 is 9.80 Å². The van der Waals surface area contributed by atoms with Gasteiger partial charge in [0.15, 0.2) is 0 Å². The number of aromatic nitrogens is 2. The fourth-order valence-electron chi connectivity index (χ4n) is 4.58. The van der Waals surface area contributed by atoms with Gasteiger partial charge in [0.1, 0.15) is 5.82 Å². The van der Waals surface area contributed by atoms with Crippen molar-refractivity contribution in [1.82, 2.24) is 19.6 Å². The van der Waals surface area contributed by atoms with E-state index in [2.05, 4.69) is 5.10 Å². The van der Waals surface area contributed by atoms with Gasteiger partial charge >= 0.3 is 0 Å². The third-order valence-corrected chi connectivity index (χ3v) is 6.63. The molecule has 0 radical (unpaired) electrons. The molecule has 1 saturated heterocycles. The highest BCUT2D eigenvalue weighted by Gasteiger charge is 2.35. The van der Waals surface area contributed by atoms with Gasteiger partial charge in [-0.3, -0.25) is 14.4 Å². The second kappa shape index (κ2) is 9.44. The largest absolute Gasteiger partial charge is 0.339 e. The van der Waals surface area contributed by atoms with Gasteiger partial charge in [0.25, 0.3) is 11.5 Å². The molecular weight excluding hydrogens is 447 g/mol. The maximum Gasteiger partial charge on any atom is 0.278 e. The number of amides is 2. The van der Waals surface area contributed by atoms with E-state index >= 15 is 0 Å². The van der Waals surface area contributed by atoms with Gasteiger partial charge in [0, 0.05) is 50.1 Å². The Morgan fingerprint density at radius 2 is 1.71 bits per heavy atom. The normalized spacial score (nSPS) is 16.3. The molecule has 1 aliphatic carbocycles. The van der Waals surface area contributed by atoms with Crippen LogP contribution < -0.4 is 5.56 Å². The van der Waals surface area contributed by atoms with Crippen LogP contribution in [-0.4, -0.2) is 57.6 Å². The molecule has 0 unspecified atom stereocenters. The molecule has 2 amide bonds. The lowest BCUT2D eigenvalue weighted by Crippen LogP contribution is -2.51. The smallest absolute Gasteiger partial charge is 0.278 e. The summed E-state index contributed by atoms with van der Waals surface area (Å²) >= 11 is 0. The molecule has 3 aromatic rings. The summed E-state index contributed by atoms with van der Waals surface area (Å²) in [5.74, 6) is -0.631. The predicted octanol–water partition coefficient (Wildman–Crippen LogP) is 3.31. The fourth-order valence-corrected chi connectivity index (χ4v) is 4.58. The Balaban J connectivity index is 1.39. The van der Waals surface area contributed by atoms with Crippen LogP contribution in [0.5, 0.6) is 0 Å². The highest BCUT2D eigenvalue weighted by atomic mass is 19.1. The van der Waals surface area contributed by atoms with Crippen LogP contribution in [0.4, 0.5) is 4.39 Å². The van der Waals surface area contributed by atoms with E-state index in [0.29, 0.717) is 43.7 Å². The van der Waals surface area contributed by atoms with E-state index in [-0.39, 0.29) is 28.9 Å². The van der Waals surface area contributed by atoms with Gasteiger partial charge in [0.05, 0.1) is 16.6 Å².